The molecule has 2 N–H and O–H groups in total. The standard InChI is InChI=1S/C21H36N2O4/c1-9-26-16(24)11-15(6)23-18-14(5)12-21(7,8)17(18)19(22-13(3)4)20(25)27-10-2/h11,14,17-19,22-23H,3,9-10,12H2,1-2,4-8H3. The quantitative estimate of drug-likeness (QED) is 0.473. The van der Waals surface area contributed by atoms with Gasteiger partial charge in [-0.15, -0.1) is 0 Å². The van der Waals surface area contributed by atoms with Crippen LogP contribution in [0, 0.1) is 17.3 Å². The molecule has 0 amide bonds. The fourth-order valence-electron chi connectivity index (χ4n) is 4.28. The Balaban J connectivity index is 3.17. The molecule has 154 valence electrons. The lowest BCUT2D eigenvalue weighted by Crippen LogP contribution is -2.53. The SMILES string of the molecule is C=C(C)NC(C(=O)OCC)C1C(NC(C)=CC(=O)OCC)C(C)CC1(C)C. The average molecular weight is 381 g/mol. The molecule has 0 radical (unpaired) electrons. The van der Waals surface area contributed by atoms with Crippen LogP contribution in [0.5, 0.6) is 0 Å². The Morgan fingerprint density at radius 1 is 1.22 bits per heavy atom. The van der Waals surface area contributed by atoms with E-state index in [-0.39, 0.29) is 29.3 Å². The van der Waals surface area contributed by atoms with E-state index in [2.05, 4.69) is 38.0 Å². The van der Waals surface area contributed by atoms with Gasteiger partial charge in [-0.2, -0.15) is 0 Å². The third-order valence-corrected chi connectivity index (χ3v) is 5.07. The number of allylic oxidation sites excluding steroid dienone is 2. The maximum absolute atomic E-state index is 12.7. The summed E-state index contributed by atoms with van der Waals surface area (Å²) >= 11 is 0. The van der Waals surface area contributed by atoms with Gasteiger partial charge in [0.05, 0.1) is 13.2 Å². The molecule has 0 aromatic carbocycles. The van der Waals surface area contributed by atoms with Gasteiger partial charge in [-0.05, 0) is 45.4 Å². The molecule has 1 fully saturated rings. The van der Waals surface area contributed by atoms with Crippen LogP contribution in [0.25, 0.3) is 0 Å². The van der Waals surface area contributed by atoms with Gasteiger partial charge < -0.3 is 20.1 Å². The summed E-state index contributed by atoms with van der Waals surface area (Å²) in [5.41, 5.74) is 1.35. The molecule has 1 rings (SSSR count). The molecular formula is C21H36N2O4. The molecule has 1 aliphatic rings. The fraction of sp³-hybridized carbons (Fsp3) is 0.714. The second-order valence-corrected chi connectivity index (χ2v) is 8.10. The van der Waals surface area contributed by atoms with E-state index >= 15 is 0 Å². The van der Waals surface area contributed by atoms with Crippen LogP contribution in [0.2, 0.25) is 0 Å². The largest absolute Gasteiger partial charge is 0.464 e. The summed E-state index contributed by atoms with van der Waals surface area (Å²) in [7, 11) is 0. The highest BCUT2D eigenvalue weighted by Gasteiger charge is 2.52. The van der Waals surface area contributed by atoms with E-state index in [0.717, 1.165) is 17.8 Å². The van der Waals surface area contributed by atoms with Crippen LogP contribution in [0.3, 0.4) is 0 Å². The smallest absolute Gasteiger partial charge is 0.332 e. The van der Waals surface area contributed by atoms with E-state index in [4.69, 9.17) is 9.47 Å². The van der Waals surface area contributed by atoms with Crippen molar-refractivity contribution in [3.05, 3.63) is 24.0 Å². The van der Waals surface area contributed by atoms with Gasteiger partial charge in [-0.3, -0.25) is 0 Å². The van der Waals surface area contributed by atoms with Crippen molar-refractivity contribution >= 4 is 11.9 Å². The molecule has 6 nitrogen and oxygen atoms in total. The molecule has 27 heavy (non-hydrogen) atoms. The first kappa shape index (κ1) is 23.1. The van der Waals surface area contributed by atoms with Crippen LogP contribution in [-0.2, 0) is 19.1 Å². The van der Waals surface area contributed by atoms with Crippen LogP contribution in [0.4, 0.5) is 0 Å². The number of nitrogens with one attached hydrogen (secondary N) is 2. The molecule has 0 aliphatic heterocycles. The van der Waals surface area contributed by atoms with Gasteiger partial charge >= 0.3 is 11.9 Å². The average Bonchev–Trinajstić information content (AvgIpc) is 2.73. The number of esters is 2. The lowest BCUT2D eigenvalue weighted by molar-refractivity contribution is -0.148. The van der Waals surface area contributed by atoms with Crippen molar-refractivity contribution in [1.29, 1.82) is 0 Å². The molecule has 0 aromatic rings. The summed E-state index contributed by atoms with van der Waals surface area (Å²) in [6.45, 7) is 18.4. The van der Waals surface area contributed by atoms with Crippen LogP contribution in [-0.4, -0.2) is 37.2 Å². The summed E-state index contributed by atoms with van der Waals surface area (Å²) in [4.78, 5) is 24.5. The molecule has 1 aliphatic carbocycles. The van der Waals surface area contributed by atoms with Gasteiger partial charge in [0, 0.05) is 29.4 Å². The fourth-order valence-corrected chi connectivity index (χ4v) is 4.28. The van der Waals surface area contributed by atoms with Crippen molar-refractivity contribution < 1.29 is 19.1 Å². The first-order valence-electron chi connectivity index (χ1n) is 9.73. The monoisotopic (exact) mass is 380 g/mol. The van der Waals surface area contributed by atoms with Gasteiger partial charge in [-0.1, -0.05) is 27.4 Å². The number of hydrogen-bond acceptors (Lipinski definition) is 6. The highest BCUT2D eigenvalue weighted by molar-refractivity contribution is 5.82. The number of rotatable bonds is 9. The number of carbonyl (C=O) groups is 2. The summed E-state index contributed by atoms with van der Waals surface area (Å²) in [5, 5.41) is 6.68. The van der Waals surface area contributed by atoms with Crippen molar-refractivity contribution in [3.8, 4) is 0 Å². The maximum Gasteiger partial charge on any atom is 0.332 e. The summed E-state index contributed by atoms with van der Waals surface area (Å²) in [5.74, 6) is -0.356. The topological polar surface area (TPSA) is 76.7 Å². The summed E-state index contributed by atoms with van der Waals surface area (Å²) < 4.78 is 10.3. The van der Waals surface area contributed by atoms with E-state index in [0.29, 0.717) is 19.1 Å². The molecular weight excluding hydrogens is 344 g/mol. The zero-order chi connectivity index (χ0) is 20.8. The van der Waals surface area contributed by atoms with E-state index in [9.17, 15) is 9.59 Å². The van der Waals surface area contributed by atoms with Crippen LogP contribution < -0.4 is 10.6 Å². The molecule has 0 bridgehead atoms. The Morgan fingerprint density at radius 2 is 1.81 bits per heavy atom. The lowest BCUT2D eigenvalue weighted by atomic mass is 9.75. The van der Waals surface area contributed by atoms with Crippen molar-refractivity contribution in [2.45, 2.75) is 67.0 Å². The van der Waals surface area contributed by atoms with Crippen molar-refractivity contribution in [1.82, 2.24) is 10.6 Å². The van der Waals surface area contributed by atoms with E-state index < -0.39 is 6.04 Å². The second-order valence-electron chi connectivity index (χ2n) is 8.10. The van der Waals surface area contributed by atoms with Gasteiger partial charge in [0.15, 0.2) is 0 Å². The minimum Gasteiger partial charge on any atom is -0.464 e. The Kier molecular flexibility index (Phi) is 8.38. The zero-order valence-electron chi connectivity index (χ0n) is 17.8. The molecule has 0 saturated heterocycles. The Hall–Kier alpha value is -1.98. The first-order valence-corrected chi connectivity index (χ1v) is 9.73. The minimum absolute atomic E-state index is 0.00642. The van der Waals surface area contributed by atoms with Crippen LogP contribution >= 0.6 is 0 Å². The van der Waals surface area contributed by atoms with E-state index in [1.165, 1.54) is 6.08 Å². The highest BCUT2D eigenvalue weighted by atomic mass is 16.5. The molecule has 6 heteroatoms. The third kappa shape index (κ3) is 6.29. The van der Waals surface area contributed by atoms with Gasteiger partial charge in [0.2, 0.25) is 0 Å². The second kappa shape index (κ2) is 9.81. The van der Waals surface area contributed by atoms with Crippen molar-refractivity contribution in [3.63, 3.8) is 0 Å². The lowest BCUT2D eigenvalue weighted by Gasteiger charge is -2.37. The van der Waals surface area contributed by atoms with Crippen molar-refractivity contribution in [2.24, 2.45) is 17.3 Å². The summed E-state index contributed by atoms with van der Waals surface area (Å²) in [6.07, 6.45) is 2.42. The van der Waals surface area contributed by atoms with Crippen LogP contribution in [0.15, 0.2) is 24.0 Å². The van der Waals surface area contributed by atoms with Gasteiger partial charge in [-0.25, -0.2) is 9.59 Å². The first-order chi connectivity index (χ1) is 12.5. The normalized spacial score (nSPS) is 25.4. The zero-order valence-corrected chi connectivity index (χ0v) is 17.8. The Morgan fingerprint density at radius 3 is 2.33 bits per heavy atom. The number of hydrogen-bond donors (Lipinski definition) is 2. The molecule has 0 spiro atoms. The van der Waals surface area contributed by atoms with Crippen LogP contribution in [0.1, 0.15) is 54.9 Å². The predicted octanol–water partition coefficient (Wildman–Crippen LogP) is 3.15. The minimum atomic E-state index is -0.504. The third-order valence-electron chi connectivity index (χ3n) is 5.07. The van der Waals surface area contributed by atoms with E-state index in [1.54, 1.807) is 13.8 Å². The van der Waals surface area contributed by atoms with Gasteiger partial charge in [0.1, 0.15) is 6.04 Å². The molecule has 0 aromatic heterocycles. The molecule has 4 atom stereocenters. The summed E-state index contributed by atoms with van der Waals surface area (Å²) in [6, 6.07) is -0.498. The van der Waals surface area contributed by atoms with E-state index in [1.807, 2.05) is 13.8 Å². The Labute approximate surface area is 163 Å². The maximum atomic E-state index is 12.7. The number of carbonyl (C=O) groups excluding carboxylic acids is 2. The van der Waals surface area contributed by atoms with Gasteiger partial charge in [0.25, 0.3) is 0 Å². The molecule has 4 unspecified atom stereocenters. The number of ether oxygens (including phenoxy) is 2. The highest BCUT2D eigenvalue weighted by Crippen LogP contribution is 2.48. The molecule has 0 heterocycles. The Bertz CT molecular complexity index is 583. The molecule has 1 saturated carbocycles. The predicted molar refractivity (Wildman–Crippen MR) is 107 cm³/mol. The van der Waals surface area contributed by atoms with Crippen molar-refractivity contribution in [2.75, 3.05) is 13.2 Å².